The molecule has 0 amide bonds. The lowest BCUT2D eigenvalue weighted by atomic mass is 9.69. The lowest BCUT2D eigenvalue weighted by Crippen LogP contribution is -2.25. The van der Waals surface area contributed by atoms with Gasteiger partial charge in [0, 0.05) is 0 Å². The van der Waals surface area contributed by atoms with Crippen molar-refractivity contribution in [3.8, 4) is 6.07 Å². The third-order valence-corrected chi connectivity index (χ3v) is 3.01. The fraction of sp³-hybridized carbons (Fsp3) is 0.900. The maximum Gasteiger partial charge on any atom is 0.0689 e. The third kappa shape index (κ3) is 1.74. The summed E-state index contributed by atoms with van der Waals surface area (Å²) in [5.41, 5.74) is 0.0394. The first kappa shape index (κ1) is 8.59. The molecule has 1 saturated carbocycles. The zero-order chi connectivity index (χ0) is 8.32. The molecule has 62 valence electrons. The van der Waals surface area contributed by atoms with Crippen LogP contribution in [0.4, 0.5) is 0 Å². The molecule has 0 radical (unpaired) electrons. The Balaban J connectivity index is 2.62. The molecule has 0 N–H and O–H groups in total. The van der Waals surface area contributed by atoms with Gasteiger partial charge in [0.05, 0.1) is 11.5 Å². The van der Waals surface area contributed by atoms with Gasteiger partial charge < -0.3 is 0 Å². The summed E-state index contributed by atoms with van der Waals surface area (Å²) in [4.78, 5) is 0. The van der Waals surface area contributed by atoms with Crippen molar-refractivity contribution in [1.29, 1.82) is 5.26 Å². The molecule has 1 nitrogen and oxygen atoms in total. The van der Waals surface area contributed by atoms with Crippen molar-refractivity contribution in [2.75, 3.05) is 0 Å². The summed E-state index contributed by atoms with van der Waals surface area (Å²) in [6.45, 7) is 4.40. The van der Waals surface area contributed by atoms with Gasteiger partial charge in [0.1, 0.15) is 0 Å². The molecule has 0 aliphatic heterocycles. The summed E-state index contributed by atoms with van der Waals surface area (Å²) >= 11 is 0. The van der Waals surface area contributed by atoms with Gasteiger partial charge in [-0.1, -0.05) is 26.7 Å². The van der Waals surface area contributed by atoms with Crippen LogP contribution < -0.4 is 0 Å². The first-order valence-corrected chi connectivity index (χ1v) is 4.64. The van der Waals surface area contributed by atoms with Crippen LogP contribution >= 0.6 is 0 Å². The fourth-order valence-corrected chi connectivity index (χ4v) is 2.16. The van der Waals surface area contributed by atoms with Crippen molar-refractivity contribution in [3.05, 3.63) is 0 Å². The second-order valence-electron chi connectivity index (χ2n) is 3.95. The van der Waals surface area contributed by atoms with Gasteiger partial charge in [-0.25, -0.2) is 0 Å². The zero-order valence-electron chi connectivity index (χ0n) is 7.56. The molecular weight excluding hydrogens is 134 g/mol. The lowest BCUT2D eigenvalue weighted by molar-refractivity contribution is 0.204. The van der Waals surface area contributed by atoms with Crippen LogP contribution in [-0.2, 0) is 0 Å². The van der Waals surface area contributed by atoms with Crippen molar-refractivity contribution in [1.82, 2.24) is 0 Å². The Kier molecular flexibility index (Phi) is 2.54. The van der Waals surface area contributed by atoms with Crippen LogP contribution in [0.1, 0.15) is 46.0 Å². The lowest BCUT2D eigenvalue weighted by Gasteiger charge is -2.33. The van der Waals surface area contributed by atoms with Crippen LogP contribution in [0.15, 0.2) is 0 Å². The molecule has 0 aromatic heterocycles. The molecule has 0 saturated heterocycles. The predicted molar refractivity (Wildman–Crippen MR) is 46.0 cm³/mol. The predicted octanol–water partition coefficient (Wildman–Crippen LogP) is 3.12. The van der Waals surface area contributed by atoms with Crippen LogP contribution in [0.3, 0.4) is 0 Å². The molecule has 0 spiro atoms. The Bertz CT molecular complexity index is 168. The molecule has 0 heterocycles. The molecule has 2 atom stereocenters. The van der Waals surface area contributed by atoms with Crippen molar-refractivity contribution >= 4 is 0 Å². The van der Waals surface area contributed by atoms with Crippen LogP contribution in [0.2, 0.25) is 0 Å². The number of hydrogen-bond donors (Lipinski definition) is 0. The van der Waals surface area contributed by atoms with E-state index in [0.717, 1.165) is 25.2 Å². The monoisotopic (exact) mass is 151 g/mol. The average Bonchev–Trinajstić information content (AvgIpc) is 2.04. The Hall–Kier alpha value is -0.510. The van der Waals surface area contributed by atoms with E-state index in [0.29, 0.717) is 0 Å². The van der Waals surface area contributed by atoms with Gasteiger partial charge in [0.2, 0.25) is 0 Å². The largest absolute Gasteiger partial charge is 0.198 e. The van der Waals surface area contributed by atoms with Crippen molar-refractivity contribution < 1.29 is 0 Å². The van der Waals surface area contributed by atoms with Crippen LogP contribution in [0.5, 0.6) is 0 Å². The van der Waals surface area contributed by atoms with E-state index in [1.165, 1.54) is 12.8 Å². The van der Waals surface area contributed by atoms with Gasteiger partial charge in [-0.3, -0.25) is 0 Å². The highest BCUT2D eigenvalue weighted by Crippen LogP contribution is 2.40. The normalized spacial score (nSPS) is 38.1. The van der Waals surface area contributed by atoms with Gasteiger partial charge in [0.25, 0.3) is 0 Å². The number of nitriles is 1. The molecular formula is C10H17N. The topological polar surface area (TPSA) is 23.8 Å². The maximum absolute atomic E-state index is 9.01. The highest BCUT2D eigenvalue weighted by atomic mass is 14.4. The number of rotatable bonds is 1. The van der Waals surface area contributed by atoms with Crippen LogP contribution in [0.25, 0.3) is 0 Å². The smallest absolute Gasteiger partial charge is 0.0689 e. The molecule has 1 heteroatoms. The van der Waals surface area contributed by atoms with Gasteiger partial charge in [-0.05, 0) is 25.2 Å². The van der Waals surface area contributed by atoms with E-state index in [-0.39, 0.29) is 5.41 Å². The minimum atomic E-state index is 0.0394. The standard InChI is InChI=1S/C10H17N/c1-3-10(8-11)6-4-5-9(2)7-10/h9H,3-7H2,1-2H3. The highest BCUT2D eigenvalue weighted by molar-refractivity contribution is 5.00. The van der Waals surface area contributed by atoms with E-state index in [1.54, 1.807) is 0 Å². The average molecular weight is 151 g/mol. The maximum atomic E-state index is 9.01. The van der Waals surface area contributed by atoms with E-state index in [2.05, 4.69) is 19.9 Å². The molecule has 1 rings (SSSR count). The summed E-state index contributed by atoms with van der Waals surface area (Å²) in [6.07, 6.45) is 5.87. The Morgan fingerprint density at radius 2 is 2.36 bits per heavy atom. The van der Waals surface area contributed by atoms with Gasteiger partial charge in [-0.2, -0.15) is 5.26 Å². The van der Waals surface area contributed by atoms with Crippen molar-refractivity contribution in [2.45, 2.75) is 46.0 Å². The van der Waals surface area contributed by atoms with E-state index >= 15 is 0 Å². The molecule has 2 unspecified atom stereocenters. The first-order valence-electron chi connectivity index (χ1n) is 4.64. The van der Waals surface area contributed by atoms with E-state index < -0.39 is 0 Å². The Morgan fingerprint density at radius 3 is 2.73 bits per heavy atom. The Morgan fingerprint density at radius 1 is 1.64 bits per heavy atom. The quantitative estimate of drug-likeness (QED) is 0.565. The molecule has 1 aliphatic rings. The van der Waals surface area contributed by atoms with Crippen molar-refractivity contribution in [3.63, 3.8) is 0 Å². The summed E-state index contributed by atoms with van der Waals surface area (Å²) in [5, 5.41) is 9.01. The fourth-order valence-electron chi connectivity index (χ4n) is 2.16. The van der Waals surface area contributed by atoms with E-state index in [4.69, 9.17) is 5.26 Å². The number of nitrogens with zero attached hydrogens (tertiary/aromatic N) is 1. The molecule has 0 aromatic carbocycles. The Labute approximate surface area is 69.4 Å². The van der Waals surface area contributed by atoms with Crippen LogP contribution in [0, 0.1) is 22.7 Å². The number of hydrogen-bond acceptors (Lipinski definition) is 1. The minimum Gasteiger partial charge on any atom is -0.198 e. The van der Waals surface area contributed by atoms with Gasteiger partial charge in [-0.15, -0.1) is 0 Å². The molecule has 0 aromatic rings. The highest BCUT2D eigenvalue weighted by Gasteiger charge is 2.32. The third-order valence-electron chi connectivity index (χ3n) is 3.01. The molecule has 1 fully saturated rings. The summed E-state index contributed by atoms with van der Waals surface area (Å²) < 4.78 is 0. The molecule has 0 bridgehead atoms. The van der Waals surface area contributed by atoms with E-state index in [1.807, 2.05) is 0 Å². The molecule has 11 heavy (non-hydrogen) atoms. The second-order valence-corrected chi connectivity index (χ2v) is 3.95. The van der Waals surface area contributed by atoms with E-state index in [9.17, 15) is 0 Å². The first-order chi connectivity index (χ1) is 5.22. The van der Waals surface area contributed by atoms with Gasteiger partial charge in [0.15, 0.2) is 0 Å². The van der Waals surface area contributed by atoms with Crippen molar-refractivity contribution in [2.24, 2.45) is 11.3 Å². The summed E-state index contributed by atoms with van der Waals surface area (Å²) in [6, 6.07) is 2.50. The minimum absolute atomic E-state index is 0.0394. The zero-order valence-corrected chi connectivity index (χ0v) is 7.56. The van der Waals surface area contributed by atoms with Gasteiger partial charge >= 0.3 is 0 Å². The van der Waals surface area contributed by atoms with Crippen LogP contribution in [-0.4, -0.2) is 0 Å². The molecule has 1 aliphatic carbocycles. The summed E-state index contributed by atoms with van der Waals surface area (Å²) in [5.74, 6) is 0.767. The SMILES string of the molecule is CCC1(C#N)CCCC(C)C1. The second kappa shape index (κ2) is 3.26. The summed E-state index contributed by atoms with van der Waals surface area (Å²) in [7, 11) is 0.